The molecule has 7 heteroatoms. The van der Waals surface area contributed by atoms with Crippen LogP contribution in [-0.4, -0.2) is 40.8 Å². The maximum absolute atomic E-state index is 12.4. The lowest BCUT2D eigenvalue weighted by Crippen LogP contribution is -2.37. The summed E-state index contributed by atoms with van der Waals surface area (Å²) < 4.78 is 10.6. The second-order valence-electron chi connectivity index (χ2n) is 6.52. The number of imide groups is 1. The molecule has 0 spiro atoms. The third-order valence-electron chi connectivity index (χ3n) is 3.13. The zero-order valence-electron chi connectivity index (χ0n) is 15.0. The Hall–Kier alpha value is -2.54. The highest BCUT2D eigenvalue weighted by Crippen LogP contribution is 2.32. The predicted octanol–water partition coefficient (Wildman–Crippen LogP) is 3.63. The number of ether oxygens (including phenoxy) is 2. The van der Waals surface area contributed by atoms with Crippen LogP contribution >= 0.6 is 11.8 Å². The molecule has 0 aliphatic carbocycles. The molecule has 0 N–H and O–H groups in total. The van der Waals surface area contributed by atoms with Gasteiger partial charge < -0.3 is 9.47 Å². The summed E-state index contributed by atoms with van der Waals surface area (Å²) in [5, 5.41) is -0.488. The van der Waals surface area contributed by atoms with Crippen molar-refractivity contribution >= 4 is 35.0 Å². The highest BCUT2D eigenvalue weighted by molar-refractivity contribution is 8.18. The molecule has 0 atom stereocenters. The minimum Gasteiger partial charge on any atom is -0.490 e. The van der Waals surface area contributed by atoms with Gasteiger partial charge in [-0.2, -0.15) is 0 Å². The summed E-state index contributed by atoms with van der Waals surface area (Å²) >= 11 is 0.801. The first-order chi connectivity index (χ1) is 12.2. The van der Waals surface area contributed by atoms with Crippen LogP contribution in [0.5, 0.6) is 5.75 Å². The minimum atomic E-state index is -0.676. The maximum Gasteiger partial charge on any atom is 0.326 e. The van der Waals surface area contributed by atoms with Gasteiger partial charge in [0.05, 0.1) is 4.91 Å². The van der Waals surface area contributed by atoms with E-state index in [1.165, 1.54) is 0 Å². The van der Waals surface area contributed by atoms with E-state index in [0.717, 1.165) is 22.2 Å². The number of rotatable bonds is 6. The Kier molecular flexibility index (Phi) is 6.26. The lowest BCUT2D eigenvalue weighted by molar-refractivity contribution is -0.156. The zero-order valence-corrected chi connectivity index (χ0v) is 15.8. The van der Waals surface area contributed by atoms with Gasteiger partial charge in [0.15, 0.2) is 0 Å². The fourth-order valence-electron chi connectivity index (χ4n) is 2.11. The van der Waals surface area contributed by atoms with Gasteiger partial charge in [-0.15, -0.1) is 0 Å². The van der Waals surface area contributed by atoms with E-state index in [4.69, 9.17) is 9.47 Å². The summed E-state index contributed by atoms with van der Waals surface area (Å²) in [6.45, 7) is 8.76. The molecule has 1 aromatic carbocycles. The van der Waals surface area contributed by atoms with Crippen molar-refractivity contribution in [3.63, 3.8) is 0 Å². The molecular formula is C19H21NO5S. The van der Waals surface area contributed by atoms with Gasteiger partial charge >= 0.3 is 5.97 Å². The molecule has 0 saturated carbocycles. The summed E-state index contributed by atoms with van der Waals surface area (Å²) in [7, 11) is 0. The summed E-state index contributed by atoms with van der Waals surface area (Å²) in [6, 6.07) is 7.08. The Labute approximate surface area is 156 Å². The number of hydrogen-bond acceptors (Lipinski definition) is 6. The van der Waals surface area contributed by atoms with Gasteiger partial charge in [-0.3, -0.25) is 19.3 Å². The number of carbonyl (C=O) groups excluding carboxylic acids is 3. The van der Waals surface area contributed by atoms with E-state index in [1.54, 1.807) is 57.2 Å². The average molecular weight is 375 g/mol. The average Bonchev–Trinajstić information content (AvgIpc) is 2.80. The number of nitrogens with zero attached hydrogens (tertiary/aromatic N) is 1. The standard InChI is InChI=1S/C19H21NO5S/c1-5-10-24-14-8-6-13(7-9-14)11-15-17(22)20(18(23)26-15)12-16(21)25-19(2,3)4/h5-9,11H,1,10,12H2,2-4H3/b15-11+. The lowest BCUT2D eigenvalue weighted by Gasteiger charge is -2.21. The van der Waals surface area contributed by atoms with E-state index in [0.29, 0.717) is 12.4 Å². The third-order valence-corrected chi connectivity index (χ3v) is 4.03. The van der Waals surface area contributed by atoms with Gasteiger partial charge in [0, 0.05) is 0 Å². The molecule has 1 aliphatic heterocycles. The van der Waals surface area contributed by atoms with Crippen LogP contribution in [0.1, 0.15) is 26.3 Å². The fraction of sp³-hybridized carbons (Fsp3) is 0.316. The minimum absolute atomic E-state index is 0.262. The SMILES string of the molecule is C=CCOc1ccc(/C=C2/SC(=O)N(CC(=O)OC(C)(C)C)C2=O)cc1. The van der Waals surface area contributed by atoms with Crippen LogP contribution in [0.25, 0.3) is 6.08 Å². The molecule has 1 heterocycles. The fourth-order valence-corrected chi connectivity index (χ4v) is 2.94. The monoisotopic (exact) mass is 375 g/mol. The zero-order chi connectivity index (χ0) is 19.3. The van der Waals surface area contributed by atoms with Crippen molar-refractivity contribution < 1.29 is 23.9 Å². The number of hydrogen-bond donors (Lipinski definition) is 0. The first-order valence-electron chi connectivity index (χ1n) is 8.00. The van der Waals surface area contributed by atoms with Crippen LogP contribution in [0.15, 0.2) is 41.8 Å². The normalized spacial score (nSPS) is 16.1. The summed E-state index contributed by atoms with van der Waals surface area (Å²) in [4.78, 5) is 37.5. The molecule has 6 nitrogen and oxygen atoms in total. The van der Waals surface area contributed by atoms with Crippen molar-refractivity contribution in [3.8, 4) is 5.75 Å². The van der Waals surface area contributed by atoms with Crippen LogP contribution in [0.4, 0.5) is 4.79 Å². The summed E-state index contributed by atoms with van der Waals surface area (Å²) in [5.74, 6) is -0.442. The Balaban J connectivity index is 2.06. The Morgan fingerprint density at radius 3 is 2.46 bits per heavy atom. The Morgan fingerprint density at radius 1 is 1.23 bits per heavy atom. The van der Waals surface area contributed by atoms with E-state index in [9.17, 15) is 14.4 Å². The van der Waals surface area contributed by atoms with Crippen molar-refractivity contribution in [2.24, 2.45) is 0 Å². The molecule has 2 rings (SSSR count). The molecule has 1 aliphatic rings. The van der Waals surface area contributed by atoms with Gasteiger partial charge in [0.1, 0.15) is 24.5 Å². The van der Waals surface area contributed by atoms with E-state index >= 15 is 0 Å². The number of carbonyl (C=O) groups is 3. The highest BCUT2D eigenvalue weighted by atomic mass is 32.2. The van der Waals surface area contributed by atoms with E-state index in [2.05, 4.69) is 6.58 Å². The van der Waals surface area contributed by atoms with E-state index in [-0.39, 0.29) is 4.91 Å². The van der Waals surface area contributed by atoms with E-state index < -0.39 is 29.3 Å². The molecular weight excluding hydrogens is 354 g/mol. The number of amides is 2. The van der Waals surface area contributed by atoms with Crippen molar-refractivity contribution in [1.29, 1.82) is 0 Å². The second-order valence-corrected chi connectivity index (χ2v) is 7.52. The molecule has 1 fully saturated rings. The van der Waals surface area contributed by atoms with Gasteiger partial charge in [0.25, 0.3) is 11.1 Å². The van der Waals surface area contributed by atoms with Gasteiger partial charge in [-0.25, -0.2) is 0 Å². The van der Waals surface area contributed by atoms with Crippen LogP contribution in [0, 0.1) is 0 Å². The van der Waals surface area contributed by atoms with Gasteiger partial charge in [-0.05, 0) is 56.3 Å². The molecule has 1 saturated heterocycles. The van der Waals surface area contributed by atoms with Crippen LogP contribution in [0.3, 0.4) is 0 Å². The first-order valence-corrected chi connectivity index (χ1v) is 8.82. The molecule has 26 heavy (non-hydrogen) atoms. The van der Waals surface area contributed by atoms with E-state index in [1.807, 2.05) is 0 Å². The topological polar surface area (TPSA) is 72.9 Å². The largest absolute Gasteiger partial charge is 0.490 e. The van der Waals surface area contributed by atoms with Crippen molar-refractivity contribution in [3.05, 3.63) is 47.4 Å². The number of esters is 1. The molecule has 0 aromatic heterocycles. The van der Waals surface area contributed by atoms with Crippen molar-refractivity contribution in [1.82, 2.24) is 4.90 Å². The molecule has 138 valence electrons. The quantitative estimate of drug-likeness (QED) is 0.429. The number of thioether (sulfide) groups is 1. The first kappa shape index (κ1) is 19.8. The Morgan fingerprint density at radius 2 is 1.88 bits per heavy atom. The molecule has 0 bridgehead atoms. The summed E-state index contributed by atoms with van der Waals surface area (Å²) in [5.41, 5.74) is 0.0724. The number of benzene rings is 1. The van der Waals surface area contributed by atoms with Gasteiger partial charge in [-0.1, -0.05) is 24.8 Å². The van der Waals surface area contributed by atoms with Crippen LogP contribution in [-0.2, 0) is 14.3 Å². The van der Waals surface area contributed by atoms with Crippen molar-refractivity contribution in [2.45, 2.75) is 26.4 Å². The van der Waals surface area contributed by atoms with Crippen LogP contribution < -0.4 is 4.74 Å². The third kappa shape index (κ3) is 5.49. The second kappa shape index (κ2) is 8.23. The maximum atomic E-state index is 12.4. The smallest absolute Gasteiger partial charge is 0.326 e. The summed E-state index contributed by atoms with van der Waals surface area (Å²) in [6.07, 6.45) is 3.26. The molecule has 0 unspecified atom stereocenters. The molecule has 0 radical (unpaired) electrons. The lowest BCUT2D eigenvalue weighted by atomic mass is 10.2. The van der Waals surface area contributed by atoms with Gasteiger partial charge in [0.2, 0.25) is 0 Å². The van der Waals surface area contributed by atoms with Crippen LogP contribution in [0.2, 0.25) is 0 Å². The Bertz CT molecular complexity index is 746. The highest BCUT2D eigenvalue weighted by Gasteiger charge is 2.37. The predicted molar refractivity (Wildman–Crippen MR) is 101 cm³/mol. The molecule has 1 aromatic rings. The van der Waals surface area contributed by atoms with Crippen molar-refractivity contribution in [2.75, 3.05) is 13.2 Å². The molecule has 2 amide bonds.